The van der Waals surface area contributed by atoms with Crippen molar-refractivity contribution in [1.82, 2.24) is 19.7 Å². The Morgan fingerprint density at radius 3 is 2.74 bits per heavy atom. The van der Waals surface area contributed by atoms with Gasteiger partial charge in [0.2, 0.25) is 0 Å². The molecule has 3 rings (SSSR count). The number of anilines is 1. The monoisotopic (exact) mass is 253 g/mol. The number of rotatable bonds is 3. The first-order valence-corrected chi connectivity index (χ1v) is 6.17. The number of aryl methyl sites for hydroxylation is 2. The van der Waals surface area contributed by atoms with E-state index < -0.39 is 0 Å². The van der Waals surface area contributed by atoms with Gasteiger partial charge >= 0.3 is 0 Å². The van der Waals surface area contributed by atoms with Crippen molar-refractivity contribution in [3.05, 3.63) is 48.0 Å². The molecule has 1 aromatic carbocycles. The SMILES string of the molecule is Cc1nn(C)cc1NCc1cnc2ccccc2n1. The molecule has 2 aromatic heterocycles. The molecule has 0 spiro atoms. The highest BCUT2D eigenvalue weighted by molar-refractivity contribution is 5.73. The van der Waals surface area contributed by atoms with E-state index in [0.717, 1.165) is 28.1 Å². The van der Waals surface area contributed by atoms with Crippen LogP contribution in [0.25, 0.3) is 11.0 Å². The van der Waals surface area contributed by atoms with Crippen molar-refractivity contribution in [2.24, 2.45) is 7.05 Å². The molecule has 0 aliphatic carbocycles. The number of aromatic nitrogens is 4. The Morgan fingerprint density at radius 1 is 1.21 bits per heavy atom. The molecule has 0 aliphatic rings. The van der Waals surface area contributed by atoms with Crippen LogP contribution in [-0.2, 0) is 13.6 Å². The summed E-state index contributed by atoms with van der Waals surface area (Å²) in [7, 11) is 1.91. The molecule has 96 valence electrons. The Hall–Kier alpha value is -2.43. The molecule has 2 heterocycles. The molecular formula is C14H15N5. The van der Waals surface area contributed by atoms with E-state index in [9.17, 15) is 0 Å². The van der Waals surface area contributed by atoms with Crippen molar-refractivity contribution in [2.75, 3.05) is 5.32 Å². The van der Waals surface area contributed by atoms with Gasteiger partial charge < -0.3 is 5.32 Å². The van der Waals surface area contributed by atoms with Crippen LogP contribution in [0.5, 0.6) is 0 Å². The van der Waals surface area contributed by atoms with Gasteiger partial charge in [-0.3, -0.25) is 9.67 Å². The van der Waals surface area contributed by atoms with Crippen molar-refractivity contribution >= 4 is 16.7 Å². The number of hydrogen-bond donors (Lipinski definition) is 1. The third-order valence-corrected chi connectivity index (χ3v) is 2.97. The largest absolute Gasteiger partial charge is 0.377 e. The zero-order valence-corrected chi connectivity index (χ0v) is 11.0. The topological polar surface area (TPSA) is 55.6 Å². The second-order valence-corrected chi connectivity index (χ2v) is 4.51. The van der Waals surface area contributed by atoms with Gasteiger partial charge in [0.1, 0.15) is 0 Å². The number of nitrogens with one attached hydrogen (secondary N) is 1. The Bertz CT molecular complexity index is 717. The van der Waals surface area contributed by atoms with Gasteiger partial charge in [-0.1, -0.05) is 12.1 Å². The number of para-hydroxylation sites is 2. The molecule has 0 saturated carbocycles. The highest BCUT2D eigenvalue weighted by Gasteiger charge is 2.03. The lowest BCUT2D eigenvalue weighted by Crippen LogP contribution is -2.02. The maximum absolute atomic E-state index is 4.57. The lowest BCUT2D eigenvalue weighted by molar-refractivity contribution is 0.756. The van der Waals surface area contributed by atoms with Crippen molar-refractivity contribution in [3.8, 4) is 0 Å². The zero-order chi connectivity index (χ0) is 13.2. The zero-order valence-electron chi connectivity index (χ0n) is 11.0. The molecule has 0 radical (unpaired) electrons. The van der Waals surface area contributed by atoms with Crippen LogP contribution >= 0.6 is 0 Å². The molecule has 5 nitrogen and oxygen atoms in total. The predicted molar refractivity (Wildman–Crippen MR) is 74.8 cm³/mol. The summed E-state index contributed by atoms with van der Waals surface area (Å²) in [5.74, 6) is 0. The first-order valence-electron chi connectivity index (χ1n) is 6.17. The van der Waals surface area contributed by atoms with Gasteiger partial charge in [-0.2, -0.15) is 5.10 Å². The molecule has 3 aromatic rings. The number of nitrogens with zero attached hydrogens (tertiary/aromatic N) is 4. The van der Waals surface area contributed by atoms with Crippen LogP contribution in [0, 0.1) is 6.92 Å². The smallest absolute Gasteiger partial charge is 0.0890 e. The molecular weight excluding hydrogens is 238 g/mol. The molecule has 0 amide bonds. The molecule has 19 heavy (non-hydrogen) atoms. The molecule has 0 fully saturated rings. The third kappa shape index (κ3) is 2.40. The van der Waals surface area contributed by atoms with Crippen LogP contribution < -0.4 is 5.32 Å². The van der Waals surface area contributed by atoms with Gasteiger partial charge in [-0.25, -0.2) is 4.98 Å². The minimum Gasteiger partial charge on any atom is -0.377 e. The van der Waals surface area contributed by atoms with Gasteiger partial charge in [-0.05, 0) is 19.1 Å². The Morgan fingerprint density at radius 2 is 2.00 bits per heavy atom. The lowest BCUT2D eigenvalue weighted by Gasteiger charge is -2.05. The van der Waals surface area contributed by atoms with Crippen LogP contribution in [0.3, 0.4) is 0 Å². The fourth-order valence-corrected chi connectivity index (χ4v) is 2.04. The van der Waals surface area contributed by atoms with E-state index in [1.165, 1.54) is 0 Å². The van der Waals surface area contributed by atoms with Crippen molar-refractivity contribution in [1.29, 1.82) is 0 Å². The van der Waals surface area contributed by atoms with Crippen molar-refractivity contribution in [3.63, 3.8) is 0 Å². The van der Waals surface area contributed by atoms with E-state index >= 15 is 0 Å². The second kappa shape index (κ2) is 4.68. The van der Waals surface area contributed by atoms with Gasteiger partial charge in [0, 0.05) is 13.2 Å². The van der Waals surface area contributed by atoms with Gasteiger partial charge in [-0.15, -0.1) is 0 Å². The first-order chi connectivity index (χ1) is 9.22. The number of fused-ring (bicyclic) bond motifs is 1. The lowest BCUT2D eigenvalue weighted by atomic mass is 10.3. The molecule has 0 unspecified atom stereocenters. The van der Waals surface area contributed by atoms with Crippen LogP contribution in [0.4, 0.5) is 5.69 Å². The summed E-state index contributed by atoms with van der Waals surface area (Å²) in [5, 5.41) is 7.62. The average Bonchev–Trinajstić information content (AvgIpc) is 2.74. The van der Waals surface area contributed by atoms with Crippen LogP contribution in [0.15, 0.2) is 36.7 Å². The van der Waals surface area contributed by atoms with Gasteiger partial charge in [0.05, 0.1) is 40.9 Å². The Balaban J connectivity index is 1.80. The molecule has 5 heteroatoms. The minimum atomic E-state index is 0.643. The summed E-state index contributed by atoms with van der Waals surface area (Å²) in [4.78, 5) is 8.97. The molecule has 0 atom stereocenters. The molecule has 1 N–H and O–H groups in total. The third-order valence-electron chi connectivity index (χ3n) is 2.97. The normalized spacial score (nSPS) is 10.8. The van der Waals surface area contributed by atoms with Crippen molar-refractivity contribution in [2.45, 2.75) is 13.5 Å². The van der Waals surface area contributed by atoms with Gasteiger partial charge in [0.15, 0.2) is 0 Å². The van der Waals surface area contributed by atoms with Crippen molar-refractivity contribution < 1.29 is 0 Å². The maximum Gasteiger partial charge on any atom is 0.0890 e. The molecule has 0 saturated heterocycles. The summed E-state index contributed by atoms with van der Waals surface area (Å²) < 4.78 is 1.80. The summed E-state index contributed by atoms with van der Waals surface area (Å²) in [6.45, 7) is 2.62. The fraction of sp³-hybridized carbons (Fsp3) is 0.214. The Labute approximate surface area is 111 Å². The molecule has 0 aliphatic heterocycles. The highest BCUT2D eigenvalue weighted by atomic mass is 15.3. The van der Waals surface area contributed by atoms with E-state index in [-0.39, 0.29) is 0 Å². The number of benzene rings is 1. The summed E-state index contributed by atoms with van der Waals surface area (Å²) in [6.07, 6.45) is 3.77. The average molecular weight is 253 g/mol. The molecule has 0 bridgehead atoms. The highest BCUT2D eigenvalue weighted by Crippen LogP contribution is 2.13. The summed E-state index contributed by atoms with van der Waals surface area (Å²) >= 11 is 0. The maximum atomic E-state index is 4.57. The predicted octanol–water partition coefficient (Wildman–Crippen LogP) is 2.28. The standard InChI is InChI=1S/C14H15N5/c1-10-14(9-19(2)18-10)16-8-11-7-15-12-5-3-4-6-13(12)17-11/h3-7,9,16H,8H2,1-2H3. The van der Waals surface area contributed by atoms with E-state index in [4.69, 9.17) is 0 Å². The van der Waals surface area contributed by atoms with Crippen LogP contribution in [0.2, 0.25) is 0 Å². The minimum absolute atomic E-state index is 0.643. The quantitative estimate of drug-likeness (QED) is 0.778. The van der Waals surface area contributed by atoms with E-state index in [1.807, 2.05) is 44.4 Å². The van der Waals surface area contributed by atoms with Crippen LogP contribution in [-0.4, -0.2) is 19.7 Å². The first kappa shape index (κ1) is 11.6. The Kier molecular flexibility index (Phi) is 2.87. The van der Waals surface area contributed by atoms with E-state index in [0.29, 0.717) is 6.54 Å². The summed E-state index contributed by atoms with van der Waals surface area (Å²) in [5.41, 5.74) is 4.77. The van der Waals surface area contributed by atoms with E-state index in [2.05, 4.69) is 20.4 Å². The fourth-order valence-electron chi connectivity index (χ4n) is 2.04. The van der Waals surface area contributed by atoms with E-state index in [1.54, 1.807) is 10.9 Å². The van der Waals surface area contributed by atoms with Crippen LogP contribution in [0.1, 0.15) is 11.4 Å². The number of hydrogen-bond acceptors (Lipinski definition) is 4. The van der Waals surface area contributed by atoms with Gasteiger partial charge in [0.25, 0.3) is 0 Å². The summed E-state index contributed by atoms with van der Waals surface area (Å²) in [6, 6.07) is 7.87. The second-order valence-electron chi connectivity index (χ2n) is 4.51.